The molecule has 0 heterocycles. The van der Waals surface area contributed by atoms with Gasteiger partial charge in [-0.2, -0.15) is 0 Å². The number of likely N-dealkylation sites (N-methyl/N-ethyl adjacent to an activating group) is 1. The lowest BCUT2D eigenvalue weighted by atomic mass is 10.2. The van der Waals surface area contributed by atoms with E-state index in [9.17, 15) is 9.90 Å². The van der Waals surface area contributed by atoms with Gasteiger partial charge in [0, 0.05) is 23.6 Å². The molecule has 0 fully saturated rings. The molecular weight excluding hydrogens is 293 g/mol. The van der Waals surface area contributed by atoms with Crippen molar-refractivity contribution in [1.29, 1.82) is 0 Å². The lowest BCUT2D eigenvalue weighted by molar-refractivity contribution is 0.0703. The summed E-state index contributed by atoms with van der Waals surface area (Å²) in [6.45, 7) is 1.95. The van der Waals surface area contributed by atoms with Crippen molar-refractivity contribution >= 4 is 33.4 Å². The minimum Gasteiger partial charge on any atom is -0.392 e. The number of nitrogens with zero attached hydrogens (tertiary/aromatic N) is 1. The second kappa shape index (κ2) is 5.66. The largest absolute Gasteiger partial charge is 0.392 e. The molecule has 1 unspecified atom stereocenters. The number of halogens is 2. The summed E-state index contributed by atoms with van der Waals surface area (Å²) in [4.78, 5) is 13.4. The van der Waals surface area contributed by atoms with E-state index in [-0.39, 0.29) is 5.91 Å². The predicted octanol–water partition coefficient (Wildman–Crippen LogP) is 2.56. The first-order valence-electron chi connectivity index (χ1n) is 4.80. The minimum absolute atomic E-state index is 0.140. The number of hydrogen-bond acceptors (Lipinski definition) is 2. The molecule has 0 spiro atoms. The second-order valence-electron chi connectivity index (χ2n) is 3.66. The van der Waals surface area contributed by atoms with Crippen LogP contribution in [0, 0.1) is 0 Å². The molecule has 0 aliphatic rings. The summed E-state index contributed by atoms with van der Waals surface area (Å²) in [7, 11) is 1.65. The quantitative estimate of drug-likeness (QED) is 0.932. The van der Waals surface area contributed by atoms with Crippen molar-refractivity contribution in [3.8, 4) is 0 Å². The number of amides is 1. The summed E-state index contributed by atoms with van der Waals surface area (Å²) in [5, 5.41) is 9.76. The van der Waals surface area contributed by atoms with Crippen molar-refractivity contribution in [3.63, 3.8) is 0 Å². The number of benzene rings is 1. The van der Waals surface area contributed by atoms with Crippen LogP contribution >= 0.6 is 27.5 Å². The van der Waals surface area contributed by atoms with E-state index in [4.69, 9.17) is 11.6 Å². The summed E-state index contributed by atoms with van der Waals surface area (Å²) in [6, 6.07) is 4.99. The van der Waals surface area contributed by atoms with Gasteiger partial charge in [-0.25, -0.2) is 0 Å². The Labute approximate surface area is 108 Å². The molecule has 1 aromatic carbocycles. The molecule has 0 bridgehead atoms. The van der Waals surface area contributed by atoms with E-state index in [0.717, 1.165) is 0 Å². The van der Waals surface area contributed by atoms with E-state index in [1.54, 1.807) is 32.2 Å². The number of aliphatic hydroxyl groups excluding tert-OH is 1. The first-order chi connectivity index (χ1) is 7.41. The fourth-order valence-electron chi connectivity index (χ4n) is 1.33. The zero-order valence-electron chi connectivity index (χ0n) is 9.08. The van der Waals surface area contributed by atoms with Crippen LogP contribution in [-0.2, 0) is 0 Å². The van der Waals surface area contributed by atoms with Gasteiger partial charge in [0.2, 0.25) is 0 Å². The van der Waals surface area contributed by atoms with E-state index in [0.29, 0.717) is 21.6 Å². The van der Waals surface area contributed by atoms with Gasteiger partial charge in [0.25, 0.3) is 5.91 Å². The fourth-order valence-corrected chi connectivity index (χ4v) is 1.83. The van der Waals surface area contributed by atoms with Crippen molar-refractivity contribution in [2.24, 2.45) is 0 Å². The van der Waals surface area contributed by atoms with Crippen LogP contribution in [0.1, 0.15) is 17.3 Å². The highest BCUT2D eigenvalue weighted by Crippen LogP contribution is 2.23. The van der Waals surface area contributed by atoms with Gasteiger partial charge in [0.05, 0.1) is 11.1 Å². The van der Waals surface area contributed by atoms with Gasteiger partial charge in [0.1, 0.15) is 0 Å². The van der Waals surface area contributed by atoms with Gasteiger partial charge in [-0.3, -0.25) is 4.79 Å². The van der Waals surface area contributed by atoms with Gasteiger partial charge in [-0.05, 0) is 41.1 Å². The Morgan fingerprint density at radius 1 is 1.62 bits per heavy atom. The average Bonchev–Trinajstić information content (AvgIpc) is 2.20. The van der Waals surface area contributed by atoms with Crippen molar-refractivity contribution in [1.82, 2.24) is 4.90 Å². The summed E-state index contributed by atoms with van der Waals surface area (Å²) in [6.07, 6.45) is -0.537. The van der Waals surface area contributed by atoms with E-state index in [2.05, 4.69) is 15.9 Å². The van der Waals surface area contributed by atoms with Crippen molar-refractivity contribution < 1.29 is 9.90 Å². The molecule has 0 saturated carbocycles. The Balaban J connectivity index is 2.84. The predicted molar refractivity (Wildman–Crippen MR) is 67.8 cm³/mol. The maximum Gasteiger partial charge on any atom is 0.253 e. The molecule has 0 aromatic heterocycles. The molecule has 1 rings (SSSR count). The Bertz CT molecular complexity index is 396. The average molecular weight is 307 g/mol. The number of rotatable bonds is 3. The molecule has 0 aliphatic heterocycles. The molecule has 1 N–H and O–H groups in total. The number of hydrogen-bond donors (Lipinski definition) is 1. The number of carbonyl (C=O) groups is 1. The van der Waals surface area contributed by atoms with Crippen LogP contribution in [-0.4, -0.2) is 35.6 Å². The Kier molecular flexibility index (Phi) is 4.77. The van der Waals surface area contributed by atoms with Crippen molar-refractivity contribution in [2.45, 2.75) is 13.0 Å². The van der Waals surface area contributed by atoms with Gasteiger partial charge < -0.3 is 10.0 Å². The lowest BCUT2D eigenvalue weighted by Crippen LogP contribution is -2.33. The molecular formula is C11H13BrClNO2. The van der Waals surface area contributed by atoms with E-state index in [1.165, 1.54) is 4.90 Å². The summed E-state index contributed by atoms with van der Waals surface area (Å²) >= 11 is 9.10. The zero-order valence-corrected chi connectivity index (χ0v) is 11.4. The van der Waals surface area contributed by atoms with Crippen molar-refractivity contribution in [2.75, 3.05) is 13.6 Å². The van der Waals surface area contributed by atoms with Gasteiger partial charge in [-0.15, -0.1) is 0 Å². The third kappa shape index (κ3) is 3.47. The molecule has 88 valence electrons. The lowest BCUT2D eigenvalue weighted by Gasteiger charge is -2.18. The van der Waals surface area contributed by atoms with Gasteiger partial charge >= 0.3 is 0 Å². The molecule has 16 heavy (non-hydrogen) atoms. The Morgan fingerprint density at radius 2 is 2.25 bits per heavy atom. The third-order valence-electron chi connectivity index (χ3n) is 2.05. The van der Waals surface area contributed by atoms with Crippen LogP contribution in [0.4, 0.5) is 0 Å². The topological polar surface area (TPSA) is 40.5 Å². The molecule has 1 aromatic rings. The van der Waals surface area contributed by atoms with Crippen LogP contribution in [0.5, 0.6) is 0 Å². The van der Waals surface area contributed by atoms with Crippen LogP contribution in [0.15, 0.2) is 22.7 Å². The van der Waals surface area contributed by atoms with E-state index in [1.807, 2.05) is 0 Å². The monoisotopic (exact) mass is 305 g/mol. The number of aliphatic hydroxyl groups is 1. The first-order valence-corrected chi connectivity index (χ1v) is 5.97. The SMILES string of the molecule is CC(O)CN(C)C(=O)c1ccc(Cl)c(Br)c1. The summed E-state index contributed by atoms with van der Waals surface area (Å²) < 4.78 is 0.686. The second-order valence-corrected chi connectivity index (χ2v) is 4.93. The molecule has 5 heteroatoms. The highest BCUT2D eigenvalue weighted by molar-refractivity contribution is 9.10. The number of carbonyl (C=O) groups excluding carboxylic acids is 1. The van der Waals surface area contributed by atoms with Crippen LogP contribution in [0.3, 0.4) is 0 Å². The zero-order chi connectivity index (χ0) is 12.3. The smallest absolute Gasteiger partial charge is 0.253 e. The maximum atomic E-state index is 11.9. The van der Waals surface area contributed by atoms with E-state index < -0.39 is 6.10 Å². The highest BCUT2D eigenvalue weighted by Gasteiger charge is 2.14. The molecule has 1 amide bonds. The highest BCUT2D eigenvalue weighted by atomic mass is 79.9. The van der Waals surface area contributed by atoms with Gasteiger partial charge in [-0.1, -0.05) is 11.6 Å². The first kappa shape index (κ1) is 13.5. The van der Waals surface area contributed by atoms with Crippen LogP contribution in [0.25, 0.3) is 0 Å². The Morgan fingerprint density at radius 3 is 2.75 bits per heavy atom. The van der Waals surface area contributed by atoms with Crippen molar-refractivity contribution in [3.05, 3.63) is 33.3 Å². The van der Waals surface area contributed by atoms with Gasteiger partial charge in [0.15, 0.2) is 0 Å². The van der Waals surface area contributed by atoms with Crippen LogP contribution in [0.2, 0.25) is 5.02 Å². The summed E-state index contributed by atoms with van der Waals surface area (Å²) in [5.74, 6) is -0.140. The van der Waals surface area contributed by atoms with E-state index >= 15 is 0 Å². The van der Waals surface area contributed by atoms with Crippen LogP contribution < -0.4 is 0 Å². The molecule has 0 saturated heterocycles. The molecule has 0 radical (unpaired) electrons. The Hall–Kier alpha value is -0.580. The fraction of sp³-hybridized carbons (Fsp3) is 0.364. The standard InChI is InChI=1S/C11H13BrClNO2/c1-7(15)6-14(2)11(16)8-3-4-10(13)9(12)5-8/h3-5,7,15H,6H2,1-2H3. The maximum absolute atomic E-state index is 11.9. The third-order valence-corrected chi connectivity index (χ3v) is 3.27. The summed E-state index contributed by atoms with van der Waals surface area (Å²) in [5.41, 5.74) is 0.541. The normalized spacial score (nSPS) is 12.3. The molecule has 3 nitrogen and oxygen atoms in total. The minimum atomic E-state index is -0.537. The molecule has 1 atom stereocenters. The molecule has 0 aliphatic carbocycles.